The normalized spacial score (nSPS) is 21.3. The van der Waals surface area contributed by atoms with Crippen LogP contribution in [0.2, 0.25) is 0 Å². The fraction of sp³-hybridized carbons (Fsp3) is 0.583. The molecule has 2 rings (SSSR count). The van der Waals surface area contributed by atoms with E-state index in [0.717, 1.165) is 24.7 Å². The monoisotopic (exact) mass is 324 g/mol. The highest BCUT2D eigenvalue weighted by Gasteiger charge is 2.20. The average Bonchev–Trinajstić information content (AvgIpc) is 2.57. The van der Waals surface area contributed by atoms with Crippen LogP contribution in [0.3, 0.4) is 0 Å². The second kappa shape index (κ2) is 9.87. The molecule has 0 N–H and O–H groups in total. The van der Waals surface area contributed by atoms with Crippen molar-refractivity contribution in [3.8, 4) is 0 Å². The summed E-state index contributed by atoms with van der Waals surface area (Å²) in [5.74, 6) is 1.80. The van der Waals surface area contributed by atoms with Gasteiger partial charge < -0.3 is 0 Å². The van der Waals surface area contributed by atoms with E-state index in [4.69, 9.17) is 0 Å². The summed E-state index contributed by atoms with van der Waals surface area (Å²) in [6, 6.07) is 4.84. The summed E-state index contributed by atoms with van der Waals surface area (Å²) >= 11 is 0. The molecule has 1 aromatic rings. The van der Waals surface area contributed by atoms with E-state index in [1.807, 2.05) is 6.08 Å². The van der Waals surface area contributed by atoms with E-state index >= 15 is 0 Å². The molecule has 0 saturated heterocycles. The minimum Gasteiger partial charge on any atom is -0.103 e. The number of unbranched alkanes of at least 4 members (excludes halogenated alkanes) is 1. The molecule has 0 heteroatoms. The van der Waals surface area contributed by atoms with Gasteiger partial charge in [-0.1, -0.05) is 63.5 Å². The van der Waals surface area contributed by atoms with E-state index in [-0.39, 0.29) is 0 Å². The number of aryl methyl sites for hydroxylation is 1. The van der Waals surface area contributed by atoms with Crippen LogP contribution in [-0.4, -0.2) is 0 Å². The van der Waals surface area contributed by atoms with Crippen LogP contribution in [0.4, 0.5) is 0 Å². The molecule has 0 nitrogen and oxygen atoms in total. The van der Waals surface area contributed by atoms with E-state index in [9.17, 15) is 0 Å². The highest BCUT2D eigenvalue weighted by atomic mass is 14.3. The molecule has 2 atom stereocenters. The van der Waals surface area contributed by atoms with Gasteiger partial charge in [-0.05, 0) is 79.5 Å². The van der Waals surface area contributed by atoms with E-state index < -0.39 is 0 Å². The Hall–Kier alpha value is -1.30. The maximum absolute atomic E-state index is 3.86. The number of benzene rings is 1. The molecule has 1 saturated carbocycles. The van der Waals surface area contributed by atoms with Crippen LogP contribution in [0.15, 0.2) is 30.9 Å². The molecule has 1 aromatic carbocycles. The first-order valence-corrected chi connectivity index (χ1v) is 10.1. The molecule has 24 heavy (non-hydrogen) atoms. The molecule has 2 unspecified atom stereocenters. The Morgan fingerprint density at radius 3 is 2.67 bits per heavy atom. The Morgan fingerprint density at radius 2 is 2.00 bits per heavy atom. The maximum atomic E-state index is 3.86. The third-order valence-electron chi connectivity index (χ3n) is 5.64. The summed E-state index contributed by atoms with van der Waals surface area (Å²) in [5.41, 5.74) is 6.23. The summed E-state index contributed by atoms with van der Waals surface area (Å²) < 4.78 is 0. The molecule has 0 aromatic heterocycles. The van der Waals surface area contributed by atoms with Crippen molar-refractivity contribution in [2.75, 3.05) is 0 Å². The number of hydrogen-bond donors (Lipinski definition) is 0. The summed E-state index contributed by atoms with van der Waals surface area (Å²) in [7, 11) is 0. The standard InChI is InChI=1S/C24H36/c1-5-8-9-14-21-15-16-22(24(11-6-2)23(21)7-3)18-20-13-10-12-19(4)17-20/h5-6,11,15-16,19-20H,1,7-10,12-14,17-18H2,2-4H3/b11-6-. The third kappa shape index (κ3) is 5.10. The van der Waals surface area contributed by atoms with Gasteiger partial charge in [-0.15, -0.1) is 6.58 Å². The molecule has 132 valence electrons. The van der Waals surface area contributed by atoms with Crippen LogP contribution in [0, 0.1) is 11.8 Å². The lowest BCUT2D eigenvalue weighted by Crippen LogP contribution is -2.16. The molecule has 0 spiro atoms. The molecule has 0 aliphatic heterocycles. The summed E-state index contributed by atoms with van der Waals surface area (Å²) in [5, 5.41) is 0. The Labute approximate surface area is 150 Å². The first kappa shape index (κ1) is 19.0. The minimum absolute atomic E-state index is 0.883. The molecule has 0 bridgehead atoms. The van der Waals surface area contributed by atoms with E-state index in [2.05, 4.69) is 51.6 Å². The predicted octanol–water partition coefficient (Wildman–Crippen LogP) is 7.16. The minimum atomic E-state index is 0.883. The van der Waals surface area contributed by atoms with E-state index in [1.54, 1.807) is 16.7 Å². The zero-order chi connectivity index (χ0) is 17.4. The highest BCUT2D eigenvalue weighted by molar-refractivity contribution is 5.60. The van der Waals surface area contributed by atoms with Crippen LogP contribution in [0.1, 0.15) is 81.5 Å². The summed E-state index contributed by atoms with van der Waals surface area (Å²) in [6.07, 6.45) is 18.2. The van der Waals surface area contributed by atoms with Crippen LogP contribution in [-0.2, 0) is 19.3 Å². The lowest BCUT2D eigenvalue weighted by molar-refractivity contribution is 0.281. The maximum Gasteiger partial charge on any atom is -0.0193 e. The second-order valence-corrected chi connectivity index (χ2v) is 7.65. The molecular weight excluding hydrogens is 288 g/mol. The predicted molar refractivity (Wildman–Crippen MR) is 108 cm³/mol. The smallest absolute Gasteiger partial charge is 0.0193 e. The summed E-state index contributed by atoms with van der Waals surface area (Å²) in [4.78, 5) is 0. The molecule has 0 heterocycles. The van der Waals surface area contributed by atoms with Crippen molar-refractivity contribution in [2.24, 2.45) is 11.8 Å². The van der Waals surface area contributed by atoms with Crippen molar-refractivity contribution in [2.45, 2.75) is 78.6 Å². The van der Waals surface area contributed by atoms with Gasteiger partial charge in [0.2, 0.25) is 0 Å². The van der Waals surface area contributed by atoms with E-state index in [1.165, 1.54) is 50.5 Å². The van der Waals surface area contributed by atoms with Gasteiger partial charge in [0.1, 0.15) is 0 Å². The van der Waals surface area contributed by atoms with Crippen LogP contribution < -0.4 is 0 Å². The van der Waals surface area contributed by atoms with Gasteiger partial charge in [0, 0.05) is 0 Å². The van der Waals surface area contributed by atoms with Gasteiger partial charge in [0.25, 0.3) is 0 Å². The van der Waals surface area contributed by atoms with Crippen molar-refractivity contribution >= 4 is 6.08 Å². The van der Waals surface area contributed by atoms with E-state index in [0.29, 0.717) is 0 Å². The van der Waals surface area contributed by atoms with Gasteiger partial charge in [-0.25, -0.2) is 0 Å². The lowest BCUT2D eigenvalue weighted by Gasteiger charge is -2.28. The fourth-order valence-electron chi connectivity index (χ4n) is 4.46. The van der Waals surface area contributed by atoms with Crippen molar-refractivity contribution in [1.29, 1.82) is 0 Å². The largest absolute Gasteiger partial charge is 0.103 e. The topological polar surface area (TPSA) is 0 Å². The summed E-state index contributed by atoms with van der Waals surface area (Å²) in [6.45, 7) is 10.7. The molecule has 0 radical (unpaired) electrons. The lowest BCUT2D eigenvalue weighted by atomic mass is 9.78. The number of rotatable bonds is 8. The van der Waals surface area contributed by atoms with Gasteiger partial charge in [-0.2, -0.15) is 0 Å². The SMILES string of the molecule is C=CCCCc1ccc(CC2CCCC(C)C2)c(/C=C\C)c1CC. The van der Waals surface area contributed by atoms with Crippen LogP contribution in [0.5, 0.6) is 0 Å². The van der Waals surface area contributed by atoms with Crippen LogP contribution in [0.25, 0.3) is 6.08 Å². The van der Waals surface area contributed by atoms with Crippen molar-refractivity contribution in [3.05, 3.63) is 53.1 Å². The van der Waals surface area contributed by atoms with Crippen molar-refractivity contribution in [3.63, 3.8) is 0 Å². The third-order valence-corrected chi connectivity index (χ3v) is 5.64. The Morgan fingerprint density at radius 1 is 1.21 bits per heavy atom. The molecular formula is C24H36. The van der Waals surface area contributed by atoms with Gasteiger partial charge >= 0.3 is 0 Å². The molecule has 1 aliphatic carbocycles. The Balaban J connectivity index is 2.24. The fourth-order valence-corrected chi connectivity index (χ4v) is 4.46. The molecule has 1 fully saturated rings. The van der Waals surface area contributed by atoms with Gasteiger partial charge in [0.15, 0.2) is 0 Å². The second-order valence-electron chi connectivity index (χ2n) is 7.65. The van der Waals surface area contributed by atoms with Crippen molar-refractivity contribution < 1.29 is 0 Å². The zero-order valence-corrected chi connectivity index (χ0v) is 16.1. The van der Waals surface area contributed by atoms with Crippen LogP contribution >= 0.6 is 0 Å². The first-order chi connectivity index (χ1) is 11.7. The van der Waals surface area contributed by atoms with Gasteiger partial charge in [0.05, 0.1) is 0 Å². The Bertz CT molecular complexity index is 549. The van der Waals surface area contributed by atoms with Gasteiger partial charge in [-0.3, -0.25) is 0 Å². The van der Waals surface area contributed by atoms with Crippen molar-refractivity contribution in [1.82, 2.24) is 0 Å². The number of allylic oxidation sites excluding steroid dienone is 2. The first-order valence-electron chi connectivity index (χ1n) is 10.1. The zero-order valence-electron chi connectivity index (χ0n) is 16.1. The molecule has 1 aliphatic rings. The molecule has 0 amide bonds. The quantitative estimate of drug-likeness (QED) is 0.351. The average molecular weight is 325 g/mol. The number of hydrogen-bond acceptors (Lipinski definition) is 0. The Kier molecular flexibility index (Phi) is 7.82. The highest BCUT2D eigenvalue weighted by Crippen LogP contribution is 2.33.